The molecule has 5 heteroatoms. The maximum Gasteiger partial charge on any atom is 0.269 e. The molecule has 5 nitrogen and oxygen atoms in total. The van der Waals surface area contributed by atoms with Crippen LogP contribution in [0.25, 0.3) is 11.6 Å². The van der Waals surface area contributed by atoms with E-state index >= 15 is 0 Å². The van der Waals surface area contributed by atoms with Gasteiger partial charge in [-0.15, -0.1) is 0 Å². The van der Waals surface area contributed by atoms with Crippen molar-refractivity contribution >= 4 is 17.3 Å². The minimum Gasteiger partial charge on any atom is -0.487 e. The van der Waals surface area contributed by atoms with Gasteiger partial charge in [-0.1, -0.05) is 6.07 Å². The number of hydrogen-bond acceptors (Lipinski definition) is 4. The highest BCUT2D eigenvalue weighted by atomic mass is 16.6. The van der Waals surface area contributed by atoms with E-state index in [0.29, 0.717) is 11.1 Å². The molecule has 2 aromatic carbocycles. The summed E-state index contributed by atoms with van der Waals surface area (Å²) in [7, 11) is 0. The van der Waals surface area contributed by atoms with Crippen molar-refractivity contribution in [3.63, 3.8) is 0 Å². The molecule has 0 saturated heterocycles. The fourth-order valence-electron chi connectivity index (χ4n) is 2.83. The molecule has 1 aliphatic rings. The van der Waals surface area contributed by atoms with Crippen LogP contribution in [0.15, 0.2) is 42.5 Å². The van der Waals surface area contributed by atoms with Gasteiger partial charge in [-0.05, 0) is 60.9 Å². The molecule has 120 valence electrons. The van der Waals surface area contributed by atoms with Gasteiger partial charge in [-0.3, -0.25) is 10.1 Å². The summed E-state index contributed by atoms with van der Waals surface area (Å²) in [6, 6.07) is 14.0. The highest BCUT2D eigenvalue weighted by Crippen LogP contribution is 2.35. The third-order valence-corrected chi connectivity index (χ3v) is 3.91. The molecule has 0 atom stereocenters. The molecule has 0 amide bonds. The summed E-state index contributed by atoms with van der Waals surface area (Å²) >= 11 is 0. The number of benzene rings is 2. The third-order valence-electron chi connectivity index (χ3n) is 3.91. The lowest BCUT2D eigenvalue weighted by molar-refractivity contribution is -0.384. The van der Waals surface area contributed by atoms with Gasteiger partial charge in [0.15, 0.2) is 0 Å². The van der Waals surface area contributed by atoms with Gasteiger partial charge in [-0.25, -0.2) is 0 Å². The zero-order valence-electron chi connectivity index (χ0n) is 13.4. The van der Waals surface area contributed by atoms with Gasteiger partial charge < -0.3 is 4.74 Å². The summed E-state index contributed by atoms with van der Waals surface area (Å²) in [4.78, 5) is 10.3. The topological polar surface area (TPSA) is 76.2 Å². The van der Waals surface area contributed by atoms with Crippen LogP contribution in [-0.2, 0) is 6.42 Å². The van der Waals surface area contributed by atoms with Gasteiger partial charge in [0.2, 0.25) is 0 Å². The summed E-state index contributed by atoms with van der Waals surface area (Å²) < 4.78 is 5.85. The number of fused-ring (bicyclic) bond motifs is 1. The molecule has 0 saturated carbocycles. The largest absolute Gasteiger partial charge is 0.487 e. The number of nitrogens with zero attached hydrogens (tertiary/aromatic N) is 2. The average Bonchev–Trinajstić information content (AvgIpc) is 2.85. The Morgan fingerprint density at radius 3 is 2.62 bits per heavy atom. The van der Waals surface area contributed by atoms with Crippen molar-refractivity contribution in [1.29, 1.82) is 5.26 Å². The lowest BCUT2D eigenvalue weighted by Gasteiger charge is -2.16. The van der Waals surface area contributed by atoms with E-state index < -0.39 is 4.92 Å². The predicted molar refractivity (Wildman–Crippen MR) is 91.4 cm³/mol. The molecule has 0 aliphatic carbocycles. The second-order valence-electron chi connectivity index (χ2n) is 6.38. The Morgan fingerprint density at radius 1 is 1.29 bits per heavy atom. The molecule has 0 radical (unpaired) electrons. The lowest BCUT2D eigenvalue weighted by Crippen LogP contribution is -2.24. The summed E-state index contributed by atoms with van der Waals surface area (Å²) in [6.07, 6.45) is 2.61. The van der Waals surface area contributed by atoms with Crippen LogP contribution in [0, 0.1) is 21.4 Å². The molecule has 0 N–H and O–H groups in total. The summed E-state index contributed by atoms with van der Waals surface area (Å²) in [6.45, 7) is 4.08. The fourth-order valence-corrected chi connectivity index (χ4v) is 2.83. The first-order chi connectivity index (χ1) is 11.4. The fraction of sp³-hybridized carbons (Fsp3) is 0.211. The van der Waals surface area contributed by atoms with Gasteiger partial charge >= 0.3 is 0 Å². The molecule has 3 rings (SSSR count). The van der Waals surface area contributed by atoms with Crippen molar-refractivity contribution in [2.45, 2.75) is 25.9 Å². The maximum absolute atomic E-state index is 10.7. The number of rotatable bonds is 3. The van der Waals surface area contributed by atoms with Crippen LogP contribution < -0.4 is 4.74 Å². The summed E-state index contributed by atoms with van der Waals surface area (Å²) in [5, 5.41) is 20.1. The van der Waals surface area contributed by atoms with Crippen LogP contribution in [0.2, 0.25) is 0 Å². The number of ether oxygens (including phenoxy) is 1. The maximum atomic E-state index is 10.7. The molecule has 24 heavy (non-hydrogen) atoms. The van der Waals surface area contributed by atoms with Crippen molar-refractivity contribution in [3.05, 3.63) is 69.3 Å². The molecule has 1 heterocycles. The molecule has 2 aromatic rings. The van der Waals surface area contributed by atoms with Gasteiger partial charge in [0, 0.05) is 18.6 Å². The quantitative estimate of drug-likeness (QED) is 0.364. The second-order valence-corrected chi connectivity index (χ2v) is 6.38. The van der Waals surface area contributed by atoms with E-state index in [1.54, 1.807) is 18.2 Å². The molecule has 1 aliphatic heterocycles. The Balaban J connectivity index is 1.92. The first kappa shape index (κ1) is 15.8. The standard InChI is InChI=1S/C19H16N2O3/c1-19(2)11-15-9-13(3-8-18(15)24-19)10-16(12-20)14-4-6-17(7-5-14)21(22)23/h3-10H,11H2,1-2H3/b16-10+. The van der Waals surface area contributed by atoms with Gasteiger partial charge in [0.1, 0.15) is 11.4 Å². The van der Waals surface area contributed by atoms with Crippen molar-refractivity contribution in [1.82, 2.24) is 0 Å². The number of non-ortho nitro benzene ring substituents is 1. The van der Waals surface area contributed by atoms with E-state index in [2.05, 4.69) is 6.07 Å². The van der Waals surface area contributed by atoms with E-state index in [4.69, 9.17) is 4.74 Å². The average molecular weight is 320 g/mol. The van der Waals surface area contributed by atoms with E-state index in [1.165, 1.54) is 12.1 Å². The van der Waals surface area contributed by atoms with Crippen LogP contribution in [0.4, 0.5) is 5.69 Å². The highest BCUT2D eigenvalue weighted by molar-refractivity contribution is 5.89. The zero-order chi connectivity index (χ0) is 17.3. The normalized spacial score (nSPS) is 15.3. The van der Waals surface area contributed by atoms with Gasteiger partial charge in [-0.2, -0.15) is 5.26 Å². The number of hydrogen-bond donors (Lipinski definition) is 0. The summed E-state index contributed by atoms with van der Waals surface area (Å²) in [5.41, 5.74) is 2.94. The number of nitro benzene ring substituents is 1. The van der Waals surface area contributed by atoms with E-state index in [0.717, 1.165) is 23.3 Å². The lowest BCUT2D eigenvalue weighted by atomic mass is 9.98. The molecule has 0 aromatic heterocycles. The SMILES string of the molecule is CC1(C)Cc2cc(/C=C(\C#N)c3ccc([N+](=O)[O-])cc3)ccc2O1. The van der Waals surface area contributed by atoms with Crippen LogP contribution in [-0.4, -0.2) is 10.5 Å². The number of nitro groups is 1. The third kappa shape index (κ3) is 3.13. The molecule has 0 fully saturated rings. The van der Waals surface area contributed by atoms with Crippen molar-refractivity contribution in [2.75, 3.05) is 0 Å². The summed E-state index contributed by atoms with van der Waals surface area (Å²) in [5.74, 6) is 0.881. The molecular formula is C19H16N2O3. The first-order valence-electron chi connectivity index (χ1n) is 7.56. The molecule has 0 bridgehead atoms. The zero-order valence-corrected chi connectivity index (χ0v) is 13.4. The first-order valence-corrected chi connectivity index (χ1v) is 7.56. The monoisotopic (exact) mass is 320 g/mol. The number of allylic oxidation sites excluding steroid dienone is 1. The van der Waals surface area contributed by atoms with E-state index in [-0.39, 0.29) is 11.3 Å². The van der Waals surface area contributed by atoms with Crippen LogP contribution >= 0.6 is 0 Å². The van der Waals surface area contributed by atoms with Crippen molar-refractivity contribution < 1.29 is 9.66 Å². The van der Waals surface area contributed by atoms with Crippen LogP contribution in [0.5, 0.6) is 5.75 Å². The van der Waals surface area contributed by atoms with Gasteiger partial charge in [0.25, 0.3) is 5.69 Å². The number of nitriles is 1. The molecule has 0 unspecified atom stereocenters. The smallest absolute Gasteiger partial charge is 0.269 e. The van der Waals surface area contributed by atoms with Crippen molar-refractivity contribution in [3.8, 4) is 11.8 Å². The molecule has 0 spiro atoms. The highest BCUT2D eigenvalue weighted by Gasteiger charge is 2.29. The van der Waals surface area contributed by atoms with E-state index in [9.17, 15) is 15.4 Å². The second kappa shape index (κ2) is 5.82. The Morgan fingerprint density at radius 2 is 2.00 bits per heavy atom. The predicted octanol–water partition coefficient (Wildman–Crippen LogP) is 4.37. The Bertz CT molecular complexity index is 874. The van der Waals surface area contributed by atoms with E-state index in [1.807, 2.05) is 32.0 Å². The minimum atomic E-state index is -0.457. The Kier molecular flexibility index (Phi) is 3.82. The van der Waals surface area contributed by atoms with Crippen LogP contribution in [0.1, 0.15) is 30.5 Å². The Hall–Kier alpha value is -3.13. The van der Waals surface area contributed by atoms with Crippen molar-refractivity contribution in [2.24, 2.45) is 0 Å². The van der Waals surface area contributed by atoms with Gasteiger partial charge in [0.05, 0.1) is 16.6 Å². The van der Waals surface area contributed by atoms with Crippen LogP contribution in [0.3, 0.4) is 0 Å². The molecular weight excluding hydrogens is 304 g/mol. The minimum absolute atomic E-state index is 0.00736. The Labute approximate surface area is 140 Å².